The lowest BCUT2D eigenvalue weighted by Gasteiger charge is -2.12. The van der Waals surface area contributed by atoms with Crippen LogP contribution in [0.3, 0.4) is 0 Å². The van der Waals surface area contributed by atoms with Crippen LogP contribution in [0.2, 0.25) is 0 Å². The van der Waals surface area contributed by atoms with Crippen LogP contribution in [-0.4, -0.2) is 30.3 Å². The molecule has 1 unspecified atom stereocenters. The fourth-order valence-electron chi connectivity index (χ4n) is 2.49. The molecular formula is C20H24O5. The van der Waals surface area contributed by atoms with Crippen LogP contribution in [0.1, 0.15) is 44.6 Å². The van der Waals surface area contributed by atoms with E-state index in [1.54, 1.807) is 25.1 Å². The number of carbonyl (C=O) groups excluding carboxylic acids is 2. The molecule has 25 heavy (non-hydrogen) atoms. The average molecular weight is 344 g/mol. The zero-order valence-corrected chi connectivity index (χ0v) is 14.7. The normalized spacial score (nSPS) is 11.9. The van der Waals surface area contributed by atoms with Crippen molar-refractivity contribution < 1.29 is 24.2 Å². The Kier molecular flexibility index (Phi) is 6.81. The Balaban J connectivity index is 1.89. The van der Waals surface area contributed by atoms with Gasteiger partial charge in [-0.15, -0.1) is 0 Å². The van der Waals surface area contributed by atoms with Gasteiger partial charge in [-0.3, -0.25) is 4.79 Å². The summed E-state index contributed by atoms with van der Waals surface area (Å²) in [6.45, 7) is 3.80. The third kappa shape index (κ3) is 5.48. The van der Waals surface area contributed by atoms with Crippen molar-refractivity contribution in [3.05, 3.63) is 42.0 Å². The Bertz CT molecular complexity index is 738. The number of unbranched alkanes of at least 4 members (excludes halogenated alkanes) is 2. The summed E-state index contributed by atoms with van der Waals surface area (Å²) in [6, 6.07) is 10.6. The molecule has 0 aliphatic carbocycles. The maximum atomic E-state index is 12.1. The predicted octanol–water partition coefficient (Wildman–Crippen LogP) is 3.93. The molecule has 0 bridgehead atoms. The molecule has 0 heterocycles. The van der Waals surface area contributed by atoms with Crippen LogP contribution in [-0.2, 0) is 19.1 Å². The number of ether oxygens (including phenoxy) is 2. The van der Waals surface area contributed by atoms with Crippen molar-refractivity contribution in [3.63, 3.8) is 0 Å². The maximum Gasteiger partial charge on any atom is 0.344 e. The van der Waals surface area contributed by atoms with Gasteiger partial charge in [-0.05, 0) is 41.8 Å². The molecule has 0 saturated heterocycles. The van der Waals surface area contributed by atoms with Gasteiger partial charge in [0.1, 0.15) is 5.75 Å². The molecule has 0 spiro atoms. The first-order chi connectivity index (χ1) is 12.0. The number of phenols is 1. The molecule has 2 aromatic rings. The van der Waals surface area contributed by atoms with Gasteiger partial charge in [0.25, 0.3) is 0 Å². The number of hydrogen-bond donors (Lipinski definition) is 1. The third-order valence-corrected chi connectivity index (χ3v) is 4.04. The summed E-state index contributed by atoms with van der Waals surface area (Å²) in [5, 5.41) is 11.3. The third-order valence-electron chi connectivity index (χ3n) is 4.04. The van der Waals surface area contributed by atoms with Crippen LogP contribution in [0.25, 0.3) is 10.8 Å². The van der Waals surface area contributed by atoms with Crippen LogP contribution in [0, 0.1) is 0 Å². The molecule has 5 nitrogen and oxygen atoms in total. The number of fused-ring (bicyclic) bond motifs is 1. The van der Waals surface area contributed by atoms with Gasteiger partial charge in [0.05, 0.1) is 12.5 Å². The van der Waals surface area contributed by atoms with Gasteiger partial charge in [0, 0.05) is 0 Å². The number of esters is 2. The van der Waals surface area contributed by atoms with Gasteiger partial charge in [0.15, 0.2) is 6.61 Å². The molecule has 0 aromatic heterocycles. The van der Waals surface area contributed by atoms with Crippen LogP contribution in [0.5, 0.6) is 5.75 Å². The zero-order chi connectivity index (χ0) is 18.2. The van der Waals surface area contributed by atoms with Crippen molar-refractivity contribution in [1.82, 2.24) is 0 Å². The molecule has 0 fully saturated rings. The van der Waals surface area contributed by atoms with Crippen molar-refractivity contribution in [1.29, 1.82) is 0 Å². The molecule has 2 aromatic carbocycles. The highest BCUT2D eigenvalue weighted by molar-refractivity contribution is 5.87. The Morgan fingerprint density at radius 1 is 1.04 bits per heavy atom. The van der Waals surface area contributed by atoms with E-state index in [0.717, 1.165) is 35.6 Å². The Morgan fingerprint density at radius 2 is 1.76 bits per heavy atom. The van der Waals surface area contributed by atoms with Crippen molar-refractivity contribution in [2.24, 2.45) is 0 Å². The Labute approximate surface area is 147 Å². The fourth-order valence-corrected chi connectivity index (χ4v) is 2.49. The molecule has 1 atom stereocenters. The Morgan fingerprint density at radius 3 is 2.52 bits per heavy atom. The minimum Gasteiger partial charge on any atom is -0.508 e. The predicted molar refractivity (Wildman–Crippen MR) is 95.5 cm³/mol. The van der Waals surface area contributed by atoms with E-state index in [9.17, 15) is 14.7 Å². The van der Waals surface area contributed by atoms with Crippen LogP contribution in [0.15, 0.2) is 36.4 Å². The molecule has 0 radical (unpaired) electrons. The Hall–Kier alpha value is -2.56. The molecule has 0 amide bonds. The summed E-state index contributed by atoms with van der Waals surface area (Å²) >= 11 is 0. The number of rotatable bonds is 8. The number of carbonyl (C=O) groups is 2. The van der Waals surface area contributed by atoms with E-state index >= 15 is 0 Å². The number of phenolic OH excluding ortho intramolecular Hbond substituents is 1. The van der Waals surface area contributed by atoms with Crippen molar-refractivity contribution in [2.75, 3.05) is 13.2 Å². The SMILES string of the molecule is CCCCCOC(=O)COC(=O)C(C)c1ccc2cc(O)ccc2c1. The fraction of sp³-hybridized carbons (Fsp3) is 0.400. The highest BCUT2D eigenvalue weighted by atomic mass is 16.6. The molecule has 5 heteroatoms. The largest absolute Gasteiger partial charge is 0.508 e. The lowest BCUT2D eigenvalue weighted by atomic mass is 9.98. The lowest BCUT2D eigenvalue weighted by Crippen LogP contribution is -2.20. The summed E-state index contributed by atoms with van der Waals surface area (Å²) in [6.07, 6.45) is 2.87. The molecule has 1 N–H and O–H groups in total. The molecule has 134 valence electrons. The molecular weight excluding hydrogens is 320 g/mol. The van der Waals surface area contributed by atoms with E-state index < -0.39 is 17.9 Å². The topological polar surface area (TPSA) is 72.8 Å². The minimum absolute atomic E-state index is 0.199. The summed E-state index contributed by atoms with van der Waals surface area (Å²) in [5.41, 5.74) is 0.791. The minimum atomic E-state index is -0.523. The number of aromatic hydroxyl groups is 1. The zero-order valence-electron chi connectivity index (χ0n) is 14.7. The van der Waals surface area contributed by atoms with Gasteiger partial charge < -0.3 is 14.6 Å². The molecule has 0 aliphatic heterocycles. The smallest absolute Gasteiger partial charge is 0.344 e. The maximum absolute atomic E-state index is 12.1. The van der Waals surface area contributed by atoms with E-state index in [2.05, 4.69) is 6.92 Å². The van der Waals surface area contributed by atoms with Gasteiger partial charge in [0.2, 0.25) is 0 Å². The van der Waals surface area contributed by atoms with E-state index in [-0.39, 0.29) is 12.4 Å². The van der Waals surface area contributed by atoms with E-state index in [1.165, 1.54) is 0 Å². The summed E-state index contributed by atoms with van der Waals surface area (Å²) in [4.78, 5) is 23.7. The van der Waals surface area contributed by atoms with Crippen molar-refractivity contribution >= 4 is 22.7 Å². The van der Waals surface area contributed by atoms with Crippen LogP contribution >= 0.6 is 0 Å². The van der Waals surface area contributed by atoms with Gasteiger partial charge in [-0.1, -0.05) is 44.0 Å². The summed E-state index contributed by atoms with van der Waals surface area (Å²) in [5.74, 6) is -1.29. The quantitative estimate of drug-likeness (QED) is 0.580. The first-order valence-electron chi connectivity index (χ1n) is 8.56. The summed E-state index contributed by atoms with van der Waals surface area (Å²) < 4.78 is 10.1. The average Bonchev–Trinajstić information content (AvgIpc) is 2.62. The molecule has 0 aliphatic rings. The van der Waals surface area contributed by atoms with Gasteiger partial charge >= 0.3 is 11.9 Å². The first-order valence-corrected chi connectivity index (χ1v) is 8.56. The second kappa shape index (κ2) is 9.06. The second-order valence-corrected chi connectivity index (χ2v) is 6.05. The number of benzene rings is 2. The second-order valence-electron chi connectivity index (χ2n) is 6.05. The van der Waals surface area contributed by atoms with Gasteiger partial charge in [-0.2, -0.15) is 0 Å². The van der Waals surface area contributed by atoms with Crippen LogP contribution < -0.4 is 0 Å². The van der Waals surface area contributed by atoms with Crippen molar-refractivity contribution in [2.45, 2.75) is 39.0 Å². The van der Waals surface area contributed by atoms with E-state index in [1.807, 2.05) is 18.2 Å². The highest BCUT2D eigenvalue weighted by Crippen LogP contribution is 2.25. The number of hydrogen-bond acceptors (Lipinski definition) is 5. The standard InChI is InChI=1S/C20H24O5/c1-3-4-5-10-24-19(22)13-25-20(23)14(2)15-6-7-17-12-18(21)9-8-16(17)11-15/h6-9,11-12,14,21H,3-5,10,13H2,1-2H3. The van der Waals surface area contributed by atoms with Crippen molar-refractivity contribution in [3.8, 4) is 5.75 Å². The highest BCUT2D eigenvalue weighted by Gasteiger charge is 2.18. The first kappa shape index (κ1) is 18.8. The van der Waals surface area contributed by atoms with E-state index in [4.69, 9.17) is 9.47 Å². The van der Waals surface area contributed by atoms with Gasteiger partial charge in [-0.25, -0.2) is 4.79 Å². The monoisotopic (exact) mass is 344 g/mol. The van der Waals surface area contributed by atoms with E-state index in [0.29, 0.717) is 6.61 Å². The summed E-state index contributed by atoms with van der Waals surface area (Å²) in [7, 11) is 0. The van der Waals surface area contributed by atoms with Crippen LogP contribution in [0.4, 0.5) is 0 Å². The molecule has 2 rings (SSSR count). The molecule has 0 saturated carbocycles. The lowest BCUT2D eigenvalue weighted by molar-refractivity contribution is -0.159.